The number of nitrogens with zero attached hydrogens (tertiary/aromatic N) is 2. The molecule has 5 heteroatoms. The van der Waals surface area contributed by atoms with Crippen LogP contribution in [-0.4, -0.2) is 16.5 Å². The molecule has 1 heterocycles. The Balaban J connectivity index is 2.45. The number of aromatic nitrogens is 2. The van der Waals surface area contributed by atoms with Crippen molar-refractivity contribution >= 4 is 5.82 Å². The van der Waals surface area contributed by atoms with E-state index in [1.54, 1.807) is 0 Å². The molecule has 2 aromatic rings. The molecular formula is C15H17F2N3. The molecule has 0 aliphatic heterocycles. The van der Waals surface area contributed by atoms with Gasteiger partial charge in [-0.1, -0.05) is 6.92 Å². The van der Waals surface area contributed by atoms with Gasteiger partial charge >= 0.3 is 0 Å². The summed E-state index contributed by atoms with van der Waals surface area (Å²) in [5.41, 5.74) is 2.25. The Hall–Kier alpha value is -2.04. The van der Waals surface area contributed by atoms with E-state index in [0.717, 1.165) is 42.2 Å². The molecule has 0 unspecified atom stereocenters. The topological polar surface area (TPSA) is 37.8 Å². The number of rotatable bonds is 4. The highest BCUT2D eigenvalue weighted by atomic mass is 19.2. The van der Waals surface area contributed by atoms with Gasteiger partial charge in [-0.15, -0.1) is 0 Å². The highest BCUT2D eigenvalue weighted by Gasteiger charge is 2.11. The predicted octanol–water partition coefficient (Wildman–Crippen LogP) is 3.86. The average Bonchev–Trinajstić information content (AvgIpc) is 2.43. The lowest BCUT2D eigenvalue weighted by Gasteiger charge is -2.12. The summed E-state index contributed by atoms with van der Waals surface area (Å²) in [7, 11) is 0. The van der Waals surface area contributed by atoms with Crippen LogP contribution in [0.15, 0.2) is 18.2 Å². The Kier molecular flexibility index (Phi) is 4.27. The van der Waals surface area contributed by atoms with Crippen LogP contribution in [0.4, 0.5) is 14.6 Å². The van der Waals surface area contributed by atoms with Crippen molar-refractivity contribution in [2.45, 2.75) is 27.2 Å². The summed E-state index contributed by atoms with van der Waals surface area (Å²) in [4.78, 5) is 8.74. The SMILES string of the molecule is CCCNc1nc(-c2ccc(F)c(F)c2)nc(C)c1C. The van der Waals surface area contributed by atoms with E-state index in [4.69, 9.17) is 0 Å². The molecule has 0 amide bonds. The van der Waals surface area contributed by atoms with Crippen molar-refractivity contribution < 1.29 is 8.78 Å². The zero-order valence-corrected chi connectivity index (χ0v) is 11.8. The van der Waals surface area contributed by atoms with Gasteiger partial charge in [0.1, 0.15) is 5.82 Å². The Morgan fingerprint density at radius 1 is 1.10 bits per heavy atom. The van der Waals surface area contributed by atoms with Gasteiger partial charge in [-0.25, -0.2) is 18.7 Å². The Morgan fingerprint density at radius 2 is 1.85 bits per heavy atom. The molecule has 1 aromatic carbocycles. The van der Waals surface area contributed by atoms with Crippen LogP contribution in [-0.2, 0) is 0 Å². The van der Waals surface area contributed by atoms with Crippen LogP contribution in [0.25, 0.3) is 11.4 Å². The van der Waals surface area contributed by atoms with Gasteiger partial charge in [-0.05, 0) is 38.5 Å². The van der Waals surface area contributed by atoms with E-state index in [2.05, 4.69) is 22.2 Å². The normalized spacial score (nSPS) is 10.7. The second-order valence-electron chi connectivity index (χ2n) is 4.66. The number of anilines is 1. The molecule has 20 heavy (non-hydrogen) atoms. The monoisotopic (exact) mass is 277 g/mol. The van der Waals surface area contributed by atoms with Gasteiger partial charge in [0.2, 0.25) is 0 Å². The van der Waals surface area contributed by atoms with E-state index < -0.39 is 11.6 Å². The zero-order chi connectivity index (χ0) is 14.7. The molecule has 1 aromatic heterocycles. The van der Waals surface area contributed by atoms with Crippen LogP contribution in [0.5, 0.6) is 0 Å². The molecule has 1 N–H and O–H groups in total. The maximum absolute atomic E-state index is 13.3. The fraction of sp³-hybridized carbons (Fsp3) is 0.333. The van der Waals surface area contributed by atoms with Gasteiger partial charge in [0, 0.05) is 23.4 Å². The number of halogens is 2. The molecule has 0 fully saturated rings. The van der Waals surface area contributed by atoms with Crippen molar-refractivity contribution in [3.8, 4) is 11.4 Å². The molecule has 0 saturated carbocycles. The lowest BCUT2D eigenvalue weighted by molar-refractivity contribution is 0.509. The van der Waals surface area contributed by atoms with Crippen LogP contribution >= 0.6 is 0 Å². The molecule has 0 saturated heterocycles. The summed E-state index contributed by atoms with van der Waals surface area (Å²) < 4.78 is 26.3. The molecule has 0 aliphatic rings. The van der Waals surface area contributed by atoms with Gasteiger partial charge in [0.25, 0.3) is 0 Å². The van der Waals surface area contributed by atoms with Crippen LogP contribution in [0, 0.1) is 25.5 Å². The molecule has 0 bridgehead atoms. The molecule has 0 aliphatic carbocycles. The van der Waals surface area contributed by atoms with Crippen molar-refractivity contribution in [2.75, 3.05) is 11.9 Å². The summed E-state index contributed by atoms with van der Waals surface area (Å²) in [5.74, 6) is -0.640. The fourth-order valence-corrected chi connectivity index (χ4v) is 1.81. The molecule has 3 nitrogen and oxygen atoms in total. The highest BCUT2D eigenvalue weighted by Crippen LogP contribution is 2.23. The third-order valence-corrected chi connectivity index (χ3v) is 3.11. The first-order chi connectivity index (χ1) is 9.52. The van der Waals surface area contributed by atoms with E-state index in [1.165, 1.54) is 6.07 Å². The summed E-state index contributed by atoms with van der Waals surface area (Å²) >= 11 is 0. The molecular weight excluding hydrogens is 260 g/mol. The van der Waals surface area contributed by atoms with E-state index in [0.29, 0.717) is 11.4 Å². The second kappa shape index (κ2) is 5.94. The number of benzene rings is 1. The van der Waals surface area contributed by atoms with Crippen molar-refractivity contribution in [1.82, 2.24) is 9.97 Å². The molecule has 0 spiro atoms. The first-order valence-corrected chi connectivity index (χ1v) is 6.57. The van der Waals surface area contributed by atoms with Gasteiger partial charge in [0.15, 0.2) is 17.5 Å². The number of nitrogens with one attached hydrogen (secondary N) is 1. The molecule has 0 atom stereocenters. The largest absolute Gasteiger partial charge is 0.370 e. The maximum atomic E-state index is 13.3. The quantitative estimate of drug-likeness (QED) is 0.922. The summed E-state index contributed by atoms with van der Waals surface area (Å²) in [6.45, 7) is 6.67. The Labute approximate surface area is 117 Å². The Morgan fingerprint density at radius 3 is 2.50 bits per heavy atom. The molecule has 0 radical (unpaired) electrons. The van der Waals surface area contributed by atoms with Gasteiger partial charge < -0.3 is 5.32 Å². The third-order valence-electron chi connectivity index (χ3n) is 3.11. The minimum Gasteiger partial charge on any atom is -0.370 e. The third kappa shape index (κ3) is 2.92. The lowest BCUT2D eigenvalue weighted by Crippen LogP contribution is -2.07. The molecule has 2 rings (SSSR count). The summed E-state index contributed by atoms with van der Waals surface area (Å²) in [6.07, 6.45) is 0.975. The van der Waals surface area contributed by atoms with Crippen LogP contribution < -0.4 is 5.32 Å². The highest BCUT2D eigenvalue weighted by molar-refractivity contribution is 5.59. The minimum atomic E-state index is -0.896. The van der Waals surface area contributed by atoms with Gasteiger partial charge in [-0.2, -0.15) is 0 Å². The first kappa shape index (κ1) is 14.4. The zero-order valence-electron chi connectivity index (χ0n) is 11.8. The van der Waals surface area contributed by atoms with Crippen LogP contribution in [0.1, 0.15) is 24.6 Å². The number of hydrogen-bond acceptors (Lipinski definition) is 3. The predicted molar refractivity (Wildman–Crippen MR) is 75.6 cm³/mol. The molecule has 106 valence electrons. The number of hydrogen-bond donors (Lipinski definition) is 1. The Bertz CT molecular complexity index is 627. The smallest absolute Gasteiger partial charge is 0.161 e. The van der Waals surface area contributed by atoms with E-state index in [1.807, 2.05) is 13.8 Å². The van der Waals surface area contributed by atoms with Crippen molar-refractivity contribution in [3.63, 3.8) is 0 Å². The van der Waals surface area contributed by atoms with Gasteiger partial charge in [-0.3, -0.25) is 0 Å². The summed E-state index contributed by atoms with van der Waals surface area (Å²) in [5, 5.41) is 3.22. The van der Waals surface area contributed by atoms with Crippen LogP contribution in [0.3, 0.4) is 0 Å². The van der Waals surface area contributed by atoms with Crippen molar-refractivity contribution in [2.24, 2.45) is 0 Å². The fourth-order valence-electron chi connectivity index (χ4n) is 1.81. The standard InChI is InChI=1S/C15H17F2N3/c1-4-7-18-14-9(2)10(3)19-15(20-14)11-5-6-12(16)13(17)8-11/h5-6,8H,4,7H2,1-3H3,(H,18,19,20). The van der Waals surface area contributed by atoms with Crippen molar-refractivity contribution in [3.05, 3.63) is 41.1 Å². The van der Waals surface area contributed by atoms with E-state index in [-0.39, 0.29) is 0 Å². The van der Waals surface area contributed by atoms with Crippen LogP contribution in [0.2, 0.25) is 0 Å². The van der Waals surface area contributed by atoms with E-state index >= 15 is 0 Å². The van der Waals surface area contributed by atoms with Crippen molar-refractivity contribution in [1.29, 1.82) is 0 Å². The second-order valence-corrected chi connectivity index (χ2v) is 4.66. The number of aryl methyl sites for hydroxylation is 1. The average molecular weight is 277 g/mol. The van der Waals surface area contributed by atoms with E-state index in [9.17, 15) is 8.78 Å². The first-order valence-electron chi connectivity index (χ1n) is 6.57. The van der Waals surface area contributed by atoms with Gasteiger partial charge in [0.05, 0.1) is 0 Å². The summed E-state index contributed by atoms with van der Waals surface area (Å²) in [6, 6.07) is 3.68. The minimum absolute atomic E-state index is 0.394. The lowest BCUT2D eigenvalue weighted by atomic mass is 10.1. The maximum Gasteiger partial charge on any atom is 0.161 e.